The van der Waals surface area contributed by atoms with E-state index in [0.29, 0.717) is 42.9 Å². The summed E-state index contributed by atoms with van der Waals surface area (Å²) in [5.74, 6) is -0.123. The maximum atomic E-state index is 15.0. The lowest BCUT2D eigenvalue weighted by atomic mass is 10.1. The Morgan fingerprint density at radius 1 is 1.38 bits per heavy atom. The summed E-state index contributed by atoms with van der Waals surface area (Å²) in [6.45, 7) is 6.25. The third-order valence-corrected chi connectivity index (χ3v) is 4.81. The van der Waals surface area contributed by atoms with Gasteiger partial charge in [-0.2, -0.15) is 0 Å². The number of halogens is 1. The summed E-state index contributed by atoms with van der Waals surface area (Å²) in [7, 11) is 3.93. The Morgan fingerprint density at radius 2 is 2.12 bits per heavy atom. The lowest BCUT2D eigenvalue weighted by Gasteiger charge is -2.32. The fourth-order valence-corrected chi connectivity index (χ4v) is 3.36. The minimum absolute atomic E-state index is 0.0318. The topological polar surface area (TPSA) is 54.8 Å². The average Bonchev–Trinajstić information content (AvgIpc) is 2.61. The van der Waals surface area contributed by atoms with E-state index in [0.717, 1.165) is 6.54 Å². The summed E-state index contributed by atoms with van der Waals surface area (Å²) in [4.78, 5) is 27.7. The smallest absolute Gasteiger partial charge is 0.200 e. The van der Waals surface area contributed by atoms with Crippen LogP contribution in [0.1, 0.15) is 30.2 Å². The van der Waals surface area contributed by atoms with Crippen molar-refractivity contribution < 1.29 is 13.9 Å². The summed E-state index contributed by atoms with van der Waals surface area (Å²) in [5.41, 5.74) is 0.496. The molecule has 0 amide bonds. The third kappa shape index (κ3) is 2.96. The molecule has 0 saturated heterocycles. The van der Waals surface area contributed by atoms with E-state index in [9.17, 15) is 9.59 Å². The molecule has 7 heteroatoms. The van der Waals surface area contributed by atoms with E-state index in [-0.39, 0.29) is 17.0 Å². The predicted molar refractivity (Wildman–Crippen MR) is 100 cm³/mol. The van der Waals surface area contributed by atoms with Gasteiger partial charge in [-0.05, 0) is 34.0 Å². The fourth-order valence-electron chi connectivity index (χ4n) is 3.36. The second-order valence-corrected chi connectivity index (χ2v) is 6.91. The molecule has 140 valence electrons. The van der Waals surface area contributed by atoms with E-state index >= 15 is 4.39 Å². The van der Waals surface area contributed by atoms with Gasteiger partial charge in [-0.25, -0.2) is 4.39 Å². The third-order valence-electron chi connectivity index (χ3n) is 4.81. The van der Waals surface area contributed by atoms with Crippen molar-refractivity contribution in [3.63, 3.8) is 0 Å². The number of hydrogen-bond acceptors (Lipinski definition) is 5. The Morgan fingerprint density at radius 3 is 2.73 bits per heavy atom. The van der Waals surface area contributed by atoms with Gasteiger partial charge in [-0.1, -0.05) is 0 Å². The van der Waals surface area contributed by atoms with Crippen molar-refractivity contribution in [1.82, 2.24) is 9.47 Å². The lowest BCUT2D eigenvalue weighted by molar-refractivity contribution is 0.112. The highest BCUT2D eigenvalue weighted by molar-refractivity contribution is 5.94. The summed E-state index contributed by atoms with van der Waals surface area (Å²) < 4.78 is 22.8. The van der Waals surface area contributed by atoms with Crippen molar-refractivity contribution >= 4 is 22.9 Å². The van der Waals surface area contributed by atoms with Crippen LogP contribution in [0.5, 0.6) is 5.75 Å². The molecular formula is C19H24FN3O3. The standard InChI is InChI=1S/C19H24FN3O3/c1-5-22(7-6-21(3)4)17-15(20)8-14-16-19(17)26-11-12(2)23(16)9-13(10-24)18(14)25/h8-10,12H,5-7,11H2,1-4H3/t12-/m0/s1. The van der Waals surface area contributed by atoms with Crippen LogP contribution in [-0.4, -0.2) is 56.1 Å². The van der Waals surface area contributed by atoms with E-state index < -0.39 is 11.2 Å². The van der Waals surface area contributed by atoms with Crippen LogP contribution in [0.15, 0.2) is 17.1 Å². The highest BCUT2D eigenvalue weighted by Crippen LogP contribution is 2.41. The monoisotopic (exact) mass is 361 g/mol. The maximum Gasteiger partial charge on any atom is 0.200 e. The van der Waals surface area contributed by atoms with Crippen LogP contribution in [0.4, 0.5) is 10.1 Å². The number of carbonyl (C=O) groups is 1. The molecule has 0 saturated carbocycles. The number of aromatic nitrogens is 1. The Bertz CT molecular complexity index is 907. The van der Waals surface area contributed by atoms with Crippen LogP contribution >= 0.6 is 0 Å². The van der Waals surface area contributed by atoms with E-state index in [1.54, 1.807) is 6.20 Å². The molecule has 6 nitrogen and oxygen atoms in total. The molecule has 0 bridgehead atoms. The van der Waals surface area contributed by atoms with Gasteiger partial charge in [-0.15, -0.1) is 0 Å². The zero-order valence-corrected chi connectivity index (χ0v) is 15.6. The number of pyridine rings is 1. The number of likely N-dealkylation sites (N-methyl/N-ethyl adjacent to an activating group) is 2. The molecule has 1 atom stereocenters. The number of ether oxygens (including phenoxy) is 1. The molecule has 1 aromatic heterocycles. The molecule has 0 radical (unpaired) electrons. The van der Waals surface area contributed by atoms with Crippen molar-refractivity contribution in [2.24, 2.45) is 0 Å². The normalized spacial score (nSPS) is 16.0. The van der Waals surface area contributed by atoms with Crippen LogP contribution < -0.4 is 15.1 Å². The molecule has 2 heterocycles. The van der Waals surface area contributed by atoms with Crippen molar-refractivity contribution in [3.05, 3.63) is 33.9 Å². The fraction of sp³-hybridized carbons (Fsp3) is 0.474. The van der Waals surface area contributed by atoms with Gasteiger partial charge in [0.2, 0.25) is 0 Å². The lowest BCUT2D eigenvalue weighted by Crippen LogP contribution is -2.34. The molecule has 0 aliphatic carbocycles. The number of nitrogens with zero attached hydrogens (tertiary/aromatic N) is 3. The van der Waals surface area contributed by atoms with Gasteiger partial charge in [0.1, 0.15) is 12.3 Å². The summed E-state index contributed by atoms with van der Waals surface area (Å²) in [5, 5.41) is 0.182. The van der Waals surface area contributed by atoms with Crippen LogP contribution in [0.25, 0.3) is 10.9 Å². The minimum atomic E-state index is -0.505. The molecule has 1 aromatic carbocycles. The largest absolute Gasteiger partial charge is 0.487 e. The number of anilines is 1. The quantitative estimate of drug-likeness (QED) is 0.739. The average molecular weight is 361 g/mol. The summed E-state index contributed by atoms with van der Waals surface area (Å²) in [6.07, 6.45) is 2.07. The Balaban J connectivity index is 2.29. The van der Waals surface area contributed by atoms with Gasteiger partial charge in [0.05, 0.1) is 22.5 Å². The number of aldehydes is 1. The molecule has 2 aromatic rings. The summed E-state index contributed by atoms with van der Waals surface area (Å²) in [6, 6.07) is 1.18. The van der Waals surface area contributed by atoms with Gasteiger partial charge >= 0.3 is 0 Å². The number of rotatable bonds is 6. The zero-order chi connectivity index (χ0) is 19.0. The molecule has 1 aliphatic rings. The van der Waals surface area contributed by atoms with E-state index in [1.165, 1.54) is 6.07 Å². The number of benzene rings is 1. The van der Waals surface area contributed by atoms with Crippen LogP contribution in [0.3, 0.4) is 0 Å². The van der Waals surface area contributed by atoms with Crippen molar-refractivity contribution in [2.45, 2.75) is 19.9 Å². The van der Waals surface area contributed by atoms with Gasteiger partial charge < -0.3 is 19.1 Å². The minimum Gasteiger partial charge on any atom is -0.487 e. The molecule has 0 unspecified atom stereocenters. The van der Waals surface area contributed by atoms with Crippen molar-refractivity contribution in [2.75, 3.05) is 45.2 Å². The number of carbonyl (C=O) groups excluding carboxylic acids is 1. The Kier molecular flexibility index (Phi) is 5.00. The van der Waals surface area contributed by atoms with E-state index in [2.05, 4.69) is 0 Å². The molecule has 0 N–H and O–H groups in total. The van der Waals surface area contributed by atoms with Crippen LogP contribution in [0, 0.1) is 5.82 Å². The van der Waals surface area contributed by atoms with Gasteiger partial charge in [-0.3, -0.25) is 9.59 Å². The van der Waals surface area contributed by atoms with Gasteiger partial charge in [0.25, 0.3) is 0 Å². The van der Waals surface area contributed by atoms with Crippen LogP contribution in [-0.2, 0) is 0 Å². The highest BCUT2D eigenvalue weighted by Gasteiger charge is 2.28. The zero-order valence-electron chi connectivity index (χ0n) is 15.6. The first-order valence-electron chi connectivity index (χ1n) is 8.78. The first-order valence-corrected chi connectivity index (χ1v) is 8.78. The van der Waals surface area contributed by atoms with E-state index in [1.807, 2.05) is 42.3 Å². The SMILES string of the molecule is CCN(CCN(C)C)c1c(F)cc2c(=O)c(C=O)cn3c2c1OC[C@@H]3C. The van der Waals surface area contributed by atoms with E-state index in [4.69, 9.17) is 4.74 Å². The number of hydrogen-bond donors (Lipinski definition) is 0. The molecule has 0 spiro atoms. The molecule has 26 heavy (non-hydrogen) atoms. The summed E-state index contributed by atoms with van der Waals surface area (Å²) >= 11 is 0. The highest BCUT2D eigenvalue weighted by atomic mass is 19.1. The van der Waals surface area contributed by atoms with Crippen molar-refractivity contribution in [3.8, 4) is 5.75 Å². The van der Waals surface area contributed by atoms with Gasteiger partial charge in [0, 0.05) is 25.8 Å². The molecule has 1 aliphatic heterocycles. The predicted octanol–water partition coefficient (Wildman–Crippen LogP) is 2.29. The van der Waals surface area contributed by atoms with Crippen molar-refractivity contribution in [1.29, 1.82) is 0 Å². The molecule has 3 rings (SSSR count). The van der Waals surface area contributed by atoms with Crippen LogP contribution in [0.2, 0.25) is 0 Å². The molecule has 0 fully saturated rings. The second-order valence-electron chi connectivity index (χ2n) is 6.91. The first kappa shape index (κ1) is 18.4. The first-order chi connectivity index (χ1) is 12.4. The van der Waals surface area contributed by atoms with Gasteiger partial charge in [0.15, 0.2) is 23.3 Å². The maximum absolute atomic E-state index is 15.0. The second kappa shape index (κ2) is 7.07. The molecular weight excluding hydrogens is 337 g/mol. The Hall–Kier alpha value is -2.41. The Labute approximate surface area is 151 Å².